The molecule has 0 radical (unpaired) electrons. The average Bonchev–Trinajstić information content (AvgIpc) is 3.07. The number of methoxy groups -OCH3 is 1. The van der Waals surface area contributed by atoms with E-state index in [1.54, 1.807) is 18.9 Å². The van der Waals surface area contributed by atoms with Crippen LogP contribution in [0.1, 0.15) is 25.3 Å². The summed E-state index contributed by atoms with van der Waals surface area (Å²) in [4.78, 5) is 6.98. The van der Waals surface area contributed by atoms with Gasteiger partial charge in [0, 0.05) is 19.2 Å². The van der Waals surface area contributed by atoms with Crippen molar-refractivity contribution >= 4 is 40.9 Å². The lowest BCUT2D eigenvalue weighted by Gasteiger charge is -2.27. The molecule has 1 aliphatic rings. The van der Waals surface area contributed by atoms with Crippen LogP contribution in [0.15, 0.2) is 29.3 Å². The van der Waals surface area contributed by atoms with E-state index in [0.717, 1.165) is 35.9 Å². The summed E-state index contributed by atoms with van der Waals surface area (Å²) in [5.41, 5.74) is 0.881. The van der Waals surface area contributed by atoms with Crippen LogP contribution in [0, 0.1) is 0 Å². The van der Waals surface area contributed by atoms with Crippen molar-refractivity contribution in [1.29, 1.82) is 0 Å². The quantitative estimate of drug-likeness (QED) is 0.361. The molecule has 0 aliphatic carbocycles. The Hall–Kier alpha value is -0.510. The molecule has 1 aromatic rings. The number of hydrogen-bond acceptors (Lipinski definition) is 5. The molecule has 24 heavy (non-hydrogen) atoms. The number of hydrogen-bond donors (Lipinski definition) is 0. The van der Waals surface area contributed by atoms with Crippen molar-refractivity contribution in [2.24, 2.45) is 4.99 Å². The highest BCUT2D eigenvalue weighted by Crippen LogP contribution is 2.35. The van der Waals surface area contributed by atoms with E-state index >= 15 is 0 Å². The van der Waals surface area contributed by atoms with E-state index in [9.17, 15) is 0 Å². The van der Waals surface area contributed by atoms with Crippen molar-refractivity contribution in [3.8, 4) is 5.75 Å². The van der Waals surface area contributed by atoms with E-state index in [1.807, 2.05) is 30.5 Å². The molecule has 1 aliphatic heterocycles. The highest BCUT2D eigenvalue weighted by atomic mass is 127. The van der Waals surface area contributed by atoms with Gasteiger partial charge in [-0.1, -0.05) is 25.1 Å². The highest BCUT2D eigenvalue weighted by Gasteiger charge is 2.39. The second kappa shape index (κ2) is 10.5. The smallest absolute Gasteiger partial charge is 0.300 e. The van der Waals surface area contributed by atoms with E-state index in [-0.39, 0.29) is 24.0 Å². The largest absolute Gasteiger partial charge is 0.497 e. The summed E-state index contributed by atoms with van der Waals surface area (Å²) in [5, 5.41) is 0.913. The van der Waals surface area contributed by atoms with Crippen LogP contribution >= 0.6 is 35.7 Å². The Balaban J connectivity index is 0.00000288. The SMILES string of the molecule is CCCCN(C)C(=NC1(c2ccc(OC)cc2)OCCO1)SC.I. The van der Waals surface area contributed by atoms with E-state index in [1.165, 1.54) is 0 Å². The van der Waals surface area contributed by atoms with Crippen LogP contribution in [-0.2, 0) is 15.4 Å². The monoisotopic (exact) mass is 466 g/mol. The Kier molecular flexibility index (Phi) is 9.40. The second-order valence-electron chi connectivity index (χ2n) is 5.38. The van der Waals surface area contributed by atoms with Crippen LogP contribution in [0.2, 0.25) is 0 Å². The molecule has 0 unspecified atom stereocenters. The molecule has 1 aromatic carbocycles. The number of unbranched alkanes of at least 4 members (excludes halogenated alkanes) is 1. The van der Waals surface area contributed by atoms with Gasteiger partial charge in [-0.25, -0.2) is 0 Å². The Morgan fingerprint density at radius 3 is 2.42 bits per heavy atom. The normalized spacial score (nSPS) is 16.6. The van der Waals surface area contributed by atoms with Gasteiger partial charge in [0.25, 0.3) is 5.91 Å². The molecule has 1 heterocycles. The number of halogens is 1. The summed E-state index contributed by atoms with van der Waals surface area (Å²) in [7, 11) is 3.71. The Morgan fingerprint density at radius 1 is 1.29 bits per heavy atom. The minimum absolute atomic E-state index is 0. The zero-order valence-corrected chi connectivity index (χ0v) is 17.9. The lowest BCUT2D eigenvalue weighted by Crippen LogP contribution is -2.32. The van der Waals surface area contributed by atoms with Crippen molar-refractivity contribution in [2.75, 3.05) is 40.2 Å². The molecule has 0 N–H and O–H groups in total. The van der Waals surface area contributed by atoms with E-state index < -0.39 is 5.91 Å². The molecule has 1 saturated heterocycles. The van der Waals surface area contributed by atoms with Gasteiger partial charge in [-0.15, -0.1) is 24.0 Å². The molecule has 0 aromatic heterocycles. The number of thioether (sulfide) groups is 1. The van der Waals surface area contributed by atoms with Crippen molar-refractivity contribution in [3.63, 3.8) is 0 Å². The number of nitrogens with zero attached hydrogens (tertiary/aromatic N) is 2. The molecule has 0 spiro atoms. The van der Waals surface area contributed by atoms with Crippen LogP contribution in [0.3, 0.4) is 0 Å². The summed E-state index contributed by atoms with van der Waals surface area (Å²) in [6.07, 6.45) is 4.31. The maximum Gasteiger partial charge on any atom is 0.300 e. The highest BCUT2D eigenvalue weighted by molar-refractivity contribution is 14.0. The Labute approximate surface area is 166 Å². The molecule has 5 nitrogen and oxygen atoms in total. The zero-order chi connectivity index (χ0) is 16.7. The predicted octanol–water partition coefficient (Wildman–Crippen LogP) is 3.92. The molecule has 1 fully saturated rings. The molecule has 0 atom stereocenters. The van der Waals surface area contributed by atoms with Gasteiger partial charge < -0.3 is 19.1 Å². The first kappa shape index (κ1) is 21.5. The summed E-state index contributed by atoms with van der Waals surface area (Å²) in [6, 6.07) is 7.68. The third-order valence-corrected chi connectivity index (χ3v) is 4.50. The van der Waals surface area contributed by atoms with Gasteiger partial charge in [-0.2, -0.15) is 4.99 Å². The number of aliphatic imine (C=N–C) groups is 1. The Morgan fingerprint density at radius 2 is 1.92 bits per heavy atom. The lowest BCUT2D eigenvalue weighted by atomic mass is 10.1. The molecule has 136 valence electrons. The fraction of sp³-hybridized carbons (Fsp3) is 0.588. The van der Waals surface area contributed by atoms with Gasteiger partial charge in [0.2, 0.25) is 0 Å². The molecule has 0 bridgehead atoms. The predicted molar refractivity (Wildman–Crippen MR) is 110 cm³/mol. The van der Waals surface area contributed by atoms with Crippen molar-refractivity contribution in [1.82, 2.24) is 4.90 Å². The number of rotatable bonds is 6. The van der Waals surface area contributed by atoms with Gasteiger partial charge in [0.05, 0.1) is 20.3 Å². The topological polar surface area (TPSA) is 43.3 Å². The van der Waals surface area contributed by atoms with Crippen molar-refractivity contribution in [3.05, 3.63) is 29.8 Å². The fourth-order valence-corrected chi connectivity index (χ4v) is 3.02. The third kappa shape index (κ3) is 5.24. The fourth-order valence-electron chi connectivity index (χ4n) is 2.40. The molecule has 2 rings (SSSR count). The van der Waals surface area contributed by atoms with E-state index in [0.29, 0.717) is 13.2 Å². The molecule has 0 saturated carbocycles. The summed E-state index contributed by atoms with van der Waals surface area (Å²) < 4.78 is 17.0. The number of ether oxygens (including phenoxy) is 3. The molecular weight excluding hydrogens is 439 g/mol. The van der Waals surface area contributed by atoms with E-state index in [2.05, 4.69) is 18.9 Å². The van der Waals surface area contributed by atoms with Gasteiger partial charge in [-0.3, -0.25) is 0 Å². The Bertz CT molecular complexity index is 519. The van der Waals surface area contributed by atoms with Gasteiger partial charge in [-0.05, 0) is 36.9 Å². The van der Waals surface area contributed by atoms with Gasteiger partial charge in [0.15, 0.2) is 5.17 Å². The summed E-state index contributed by atoms with van der Waals surface area (Å²) >= 11 is 1.61. The van der Waals surface area contributed by atoms with E-state index in [4.69, 9.17) is 19.2 Å². The van der Waals surface area contributed by atoms with Crippen LogP contribution in [0.5, 0.6) is 5.75 Å². The van der Waals surface area contributed by atoms with Gasteiger partial charge >= 0.3 is 0 Å². The number of benzene rings is 1. The maximum absolute atomic E-state index is 5.90. The first-order valence-corrected chi connectivity index (χ1v) is 9.15. The van der Waals surface area contributed by atoms with Crippen LogP contribution < -0.4 is 4.74 Å². The maximum atomic E-state index is 5.90. The minimum atomic E-state index is -1.05. The van der Waals surface area contributed by atoms with Crippen molar-refractivity contribution < 1.29 is 14.2 Å². The first-order chi connectivity index (χ1) is 11.1. The minimum Gasteiger partial charge on any atom is -0.497 e. The van der Waals surface area contributed by atoms with Crippen LogP contribution in [0.25, 0.3) is 0 Å². The van der Waals surface area contributed by atoms with Crippen LogP contribution in [-0.4, -0.2) is 50.2 Å². The molecular formula is C17H27IN2O3S. The summed E-state index contributed by atoms with van der Waals surface area (Å²) in [5.74, 6) is -0.249. The lowest BCUT2D eigenvalue weighted by molar-refractivity contribution is -0.158. The van der Waals surface area contributed by atoms with Crippen molar-refractivity contribution in [2.45, 2.75) is 25.7 Å². The summed E-state index contributed by atoms with van der Waals surface area (Å²) in [6.45, 7) is 4.23. The molecule has 7 heteroatoms. The third-order valence-electron chi connectivity index (χ3n) is 3.73. The van der Waals surface area contributed by atoms with Gasteiger partial charge in [0.1, 0.15) is 5.75 Å². The second-order valence-corrected chi connectivity index (χ2v) is 6.15. The molecule has 0 amide bonds. The first-order valence-electron chi connectivity index (χ1n) is 7.92. The standard InChI is InChI=1S/C17H26N2O3S.HI/c1-5-6-11-19(2)16(23-4)18-17(21-12-13-22-17)14-7-9-15(20-3)10-8-14;/h7-10H,5-6,11-13H2,1-4H3;1H. The van der Waals surface area contributed by atoms with Crippen LogP contribution in [0.4, 0.5) is 0 Å². The zero-order valence-electron chi connectivity index (χ0n) is 14.8. The number of amidine groups is 1. The average molecular weight is 466 g/mol.